The Hall–Kier alpha value is -2.73. The molecule has 0 spiro atoms. The van der Waals surface area contributed by atoms with E-state index in [9.17, 15) is 9.90 Å². The molecule has 2 aromatic rings. The van der Waals surface area contributed by atoms with Crippen LogP contribution in [0.3, 0.4) is 0 Å². The molecule has 0 radical (unpaired) electrons. The number of hydrogen-bond acceptors (Lipinski definition) is 5. The average Bonchev–Trinajstić information content (AvgIpc) is 3.08. The molecule has 1 unspecified atom stereocenters. The topological polar surface area (TPSA) is 91.0 Å². The van der Waals surface area contributed by atoms with Crippen molar-refractivity contribution in [1.29, 1.82) is 0 Å². The Bertz CT molecular complexity index is 711. The van der Waals surface area contributed by atoms with E-state index in [4.69, 9.17) is 19.9 Å². The molecule has 3 N–H and O–H groups in total. The molecule has 1 atom stereocenters. The van der Waals surface area contributed by atoms with Crippen molar-refractivity contribution < 1.29 is 24.1 Å². The molecule has 1 fully saturated rings. The van der Waals surface area contributed by atoms with Crippen LogP contribution in [-0.4, -0.2) is 30.4 Å². The second kappa shape index (κ2) is 7.23. The SMILES string of the molecule is Nc1cc(OCc2ccccc2)c(OC2CCOC2)cc1C(=O)O. The number of benzene rings is 2. The normalized spacial score (nSPS) is 16.8. The Morgan fingerprint density at radius 3 is 2.71 bits per heavy atom. The molecule has 2 aromatic carbocycles. The molecule has 24 heavy (non-hydrogen) atoms. The lowest BCUT2D eigenvalue weighted by atomic mass is 10.1. The number of hydrogen-bond donors (Lipinski definition) is 2. The Morgan fingerprint density at radius 2 is 2.04 bits per heavy atom. The van der Waals surface area contributed by atoms with Gasteiger partial charge in [-0.3, -0.25) is 0 Å². The van der Waals surface area contributed by atoms with E-state index in [1.54, 1.807) is 0 Å². The molecule has 126 valence electrons. The van der Waals surface area contributed by atoms with Crippen LogP contribution in [0.1, 0.15) is 22.3 Å². The highest BCUT2D eigenvalue weighted by Gasteiger charge is 2.22. The Kier molecular flexibility index (Phi) is 4.86. The molecule has 3 rings (SSSR count). The summed E-state index contributed by atoms with van der Waals surface area (Å²) < 4.78 is 17.0. The maximum absolute atomic E-state index is 11.3. The van der Waals surface area contributed by atoms with Gasteiger partial charge in [-0.15, -0.1) is 0 Å². The molecule has 0 aliphatic carbocycles. The van der Waals surface area contributed by atoms with Gasteiger partial charge in [0.15, 0.2) is 11.5 Å². The number of carboxylic acid groups (broad SMARTS) is 1. The molecular weight excluding hydrogens is 310 g/mol. The van der Waals surface area contributed by atoms with Crippen molar-refractivity contribution in [2.24, 2.45) is 0 Å². The lowest BCUT2D eigenvalue weighted by Crippen LogP contribution is -2.17. The first-order valence-electron chi connectivity index (χ1n) is 7.71. The van der Waals surface area contributed by atoms with E-state index in [0.29, 0.717) is 31.3 Å². The van der Waals surface area contributed by atoms with Gasteiger partial charge >= 0.3 is 5.97 Å². The van der Waals surface area contributed by atoms with Crippen molar-refractivity contribution in [3.8, 4) is 11.5 Å². The van der Waals surface area contributed by atoms with Gasteiger partial charge in [0.05, 0.1) is 24.5 Å². The summed E-state index contributed by atoms with van der Waals surface area (Å²) in [5, 5.41) is 9.25. The minimum absolute atomic E-state index is 0.00373. The fraction of sp³-hybridized carbons (Fsp3) is 0.278. The smallest absolute Gasteiger partial charge is 0.337 e. The summed E-state index contributed by atoms with van der Waals surface area (Å²) in [7, 11) is 0. The van der Waals surface area contributed by atoms with Crippen molar-refractivity contribution in [1.82, 2.24) is 0 Å². The monoisotopic (exact) mass is 329 g/mol. The largest absolute Gasteiger partial charge is 0.485 e. The number of anilines is 1. The lowest BCUT2D eigenvalue weighted by molar-refractivity contribution is 0.0697. The van der Waals surface area contributed by atoms with Crippen LogP contribution in [0.15, 0.2) is 42.5 Å². The number of nitrogen functional groups attached to an aromatic ring is 1. The van der Waals surface area contributed by atoms with Gasteiger partial charge < -0.3 is 25.1 Å². The second-order valence-electron chi connectivity index (χ2n) is 5.57. The molecule has 1 aliphatic rings. The van der Waals surface area contributed by atoms with Gasteiger partial charge in [-0.05, 0) is 5.56 Å². The molecule has 0 bridgehead atoms. The fourth-order valence-corrected chi connectivity index (χ4v) is 2.49. The molecular formula is C18H19NO5. The number of carbonyl (C=O) groups is 1. The van der Waals surface area contributed by atoms with Crippen LogP contribution in [0, 0.1) is 0 Å². The zero-order chi connectivity index (χ0) is 16.9. The van der Waals surface area contributed by atoms with Crippen LogP contribution in [-0.2, 0) is 11.3 Å². The van der Waals surface area contributed by atoms with E-state index in [-0.39, 0.29) is 17.4 Å². The number of carboxylic acids is 1. The van der Waals surface area contributed by atoms with Crippen molar-refractivity contribution in [3.05, 3.63) is 53.6 Å². The summed E-state index contributed by atoms with van der Waals surface area (Å²) in [6.07, 6.45) is 0.639. The first kappa shape index (κ1) is 16.1. The first-order chi connectivity index (χ1) is 11.6. The third-order valence-electron chi connectivity index (χ3n) is 3.76. The number of nitrogens with two attached hydrogens (primary N) is 1. The fourth-order valence-electron chi connectivity index (χ4n) is 2.49. The zero-order valence-corrected chi connectivity index (χ0v) is 13.1. The van der Waals surface area contributed by atoms with Crippen LogP contribution < -0.4 is 15.2 Å². The summed E-state index contributed by atoms with van der Waals surface area (Å²) in [4.78, 5) is 11.3. The van der Waals surface area contributed by atoms with Gasteiger partial charge in [0.1, 0.15) is 12.7 Å². The number of rotatable bonds is 6. The van der Waals surface area contributed by atoms with E-state index < -0.39 is 5.97 Å². The number of aromatic carboxylic acids is 1. The zero-order valence-electron chi connectivity index (χ0n) is 13.1. The van der Waals surface area contributed by atoms with Crippen LogP contribution >= 0.6 is 0 Å². The van der Waals surface area contributed by atoms with Gasteiger partial charge in [0.25, 0.3) is 0 Å². The maximum Gasteiger partial charge on any atom is 0.337 e. The minimum atomic E-state index is -1.10. The molecule has 6 nitrogen and oxygen atoms in total. The van der Waals surface area contributed by atoms with Crippen molar-refractivity contribution in [3.63, 3.8) is 0 Å². The second-order valence-corrected chi connectivity index (χ2v) is 5.57. The van der Waals surface area contributed by atoms with Crippen LogP contribution in [0.4, 0.5) is 5.69 Å². The van der Waals surface area contributed by atoms with Gasteiger partial charge in [-0.1, -0.05) is 30.3 Å². The van der Waals surface area contributed by atoms with Crippen LogP contribution in [0.2, 0.25) is 0 Å². The average molecular weight is 329 g/mol. The molecule has 0 aromatic heterocycles. The highest BCUT2D eigenvalue weighted by atomic mass is 16.6. The molecule has 0 saturated carbocycles. The van der Waals surface area contributed by atoms with Crippen molar-refractivity contribution >= 4 is 11.7 Å². The quantitative estimate of drug-likeness (QED) is 0.792. The van der Waals surface area contributed by atoms with Gasteiger partial charge in [0.2, 0.25) is 0 Å². The Labute approximate surface area is 139 Å². The summed E-state index contributed by atoms with van der Waals surface area (Å²) in [6.45, 7) is 1.45. The molecule has 1 saturated heterocycles. The Morgan fingerprint density at radius 1 is 1.25 bits per heavy atom. The van der Waals surface area contributed by atoms with E-state index >= 15 is 0 Å². The summed E-state index contributed by atoms with van der Waals surface area (Å²) in [6, 6.07) is 12.6. The minimum Gasteiger partial charge on any atom is -0.485 e. The predicted molar refractivity (Wildman–Crippen MR) is 88.4 cm³/mol. The molecule has 6 heteroatoms. The standard InChI is InChI=1S/C18H19NO5/c19-15-9-16(23-10-12-4-2-1-3-5-12)17(8-14(15)18(20)21)24-13-6-7-22-11-13/h1-5,8-9,13H,6-7,10-11,19H2,(H,20,21). The van der Waals surface area contributed by atoms with Crippen LogP contribution in [0.25, 0.3) is 0 Å². The van der Waals surface area contributed by atoms with Gasteiger partial charge in [0, 0.05) is 18.6 Å². The summed E-state index contributed by atoms with van der Waals surface area (Å²) >= 11 is 0. The first-order valence-corrected chi connectivity index (χ1v) is 7.71. The summed E-state index contributed by atoms with van der Waals surface area (Å²) in [5.41, 5.74) is 6.96. The highest BCUT2D eigenvalue weighted by molar-refractivity contribution is 5.94. The highest BCUT2D eigenvalue weighted by Crippen LogP contribution is 2.34. The molecule has 1 heterocycles. The van der Waals surface area contributed by atoms with E-state index in [2.05, 4.69) is 0 Å². The van der Waals surface area contributed by atoms with E-state index in [0.717, 1.165) is 12.0 Å². The van der Waals surface area contributed by atoms with Gasteiger partial charge in [-0.25, -0.2) is 4.79 Å². The summed E-state index contributed by atoms with van der Waals surface area (Å²) in [5.74, 6) is -0.309. The van der Waals surface area contributed by atoms with Crippen molar-refractivity contribution in [2.45, 2.75) is 19.1 Å². The third-order valence-corrected chi connectivity index (χ3v) is 3.76. The molecule has 0 amide bonds. The van der Waals surface area contributed by atoms with E-state index in [1.165, 1.54) is 12.1 Å². The van der Waals surface area contributed by atoms with Crippen LogP contribution in [0.5, 0.6) is 11.5 Å². The predicted octanol–water partition coefficient (Wildman–Crippen LogP) is 2.71. The molecule has 1 aliphatic heterocycles. The van der Waals surface area contributed by atoms with Crippen molar-refractivity contribution in [2.75, 3.05) is 18.9 Å². The lowest BCUT2D eigenvalue weighted by Gasteiger charge is -2.18. The Balaban J connectivity index is 1.84. The number of ether oxygens (including phenoxy) is 3. The van der Waals surface area contributed by atoms with Gasteiger partial charge in [-0.2, -0.15) is 0 Å². The third kappa shape index (κ3) is 3.78. The van der Waals surface area contributed by atoms with E-state index in [1.807, 2.05) is 30.3 Å². The maximum atomic E-state index is 11.3.